The molecule has 0 spiro atoms. The average Bonchev–Trinajstić information content (AvgIpc) is 3.50. The second kappa shape index (κ2) is 7.23. The minimum absolute atomic E-state index is 0.165. The van der Waals surface area contributed by atoms with Crippen LogP contribution in [0, 0.1) is 5.92 Å². The second-order valence-electron chi connectivity index (χ2n) is 8.85. The molecule has 1 saturated carbocycles. The van der Waals surface area contributed by atoms with Gasteiger partial charge in [-0.3, -0.25) is 9.59 Å². The molecular formula is C23H25N3O5. The molecule has 0 bridgehead atoms. The summed E-state index contributed by atoms with van der Waals surface area (Å²) in [6, 6.07) is 6.75. The van der Waals surface area contributed by atoms with Crippen LogP contribution in [-0.4, -0.2) is 51.7 Å². The Morgan fingerprint density at radius 1 is 1.26 bits per heavy atom. The van der Waals surface area contributed by atoms with E-state index >= 15 is 0 Å². The van der Waals surface area contributed by atoms with E-state index in [4.69, 9.17) is 9.47 Å². The quantitative estimate of drug-likeness (QED) is 0.767. The number of fused-ring (bicyclic) bond motifs is 2. The molecular weight excluding hydrogens is 398 g/mol. The van der Waals surface area contributed by atoms with Crippen molar-refractivity contribution in [3.63, 3.8) is 0 Å². The van der Waals surface area contributed by atoms with Gasteiger partial charge in [0.25, 0.3) is 17.7 Å². The Labute approximate surface area is 180 Å². The smallest absolute Gasteiger partial charge is 0.259 e. The van der Waals surface area contributed by atoms with E-state index in [0.717, 1.165) is 18.4 Å². The molecule has 1 aromatic carbocycles. The monoisotopic (exact) mass is 423 g/mol. The number of benzene rings is 1. The third-order valence-corrected chi connectivity index (χ3v) is 6.03. The largest absolute Gasteiger partial charge is 0.484 e. The standard InChI is InChI=1S/C23H25N3O5/c1-23(2,29)19(13-6-7-13)26-12-14-4-3-5-16(17(14)22(26)28)25-20(27)15-8-9-24-21-18(15)30-10-11-31-21/h3-5,8-9,13,19,29H,6-7,10-12H2,1-2H3,(H,25,27)/t19-/m1/s1. The molecule has 0 radical (unpaired) electrons. The molecule has 3 heterocycles. The number of ether oxygens (including phenoxy) is 2. The van der Waals surface area contributed by atoms with Gasteiger partial charge < -0.3 is 24.8 Å². The van der Waals surface area contributed by atoms with Crippen LogP contribution >= 0.6 is 0 Å². The van der Waals surface area contributed by atoms with Crippen LogP contribution in [0.4, 0.5) is 5.69 Å². The molecule has 2 aromatic rings. The average molecular weight is 423 g/mol. The number of rotatable bonds is 5. The minimum atomic E-state index is -1.00. The lowest BCUT2D eigenvalue weighted by Crippen LogP contribution is -2.51. The van der Waals surface area contributed by atoms with Gasteiger partial charge in [-0.1, -0.05) is 12.1 Å². The molecule has 0 saturated heterocycles. The van der Waals surface area contributed by atoms with Crippen LogP contribution in [0.15, 0.2) is 30.5 Å². The van der Waals surface area contributed by atoms with E-state index in [-0.39, 0.29) is 17.8 Å². The Bertz CT molecular complexity index is 1060. The molecule has 1 aromatic heterocycles. The number of anilines is 1. The summed E-state index contributed by atoms with van der Waals surface area (Å²) in [4.78, 5) is 32.3. The first-order valence-electron chi connectivity index (χ1n) is 10.6. The minimum Gasteiger partial charge on any atom is -0.484 e. The number of pyridine rings is 1. The third kappa shape index (κ3) is 3.50. The van der Waals surface area contributed by atoms with Crippen molar-refractivity contribution in [1.82, 2.24) is 9.88 Å². The first-order valence-corrected chi connectivity index (χ1v) is 10.6. The van der Waals surface area contributed by atoms with E-state index in [1.54, 1.807) is 30.9 Å². The Morgan fingerprint density at radius 3 is 2.77 bits per heavy atom. The highest BCUT2D eigenvalue weighted by Gasteiger charge is 2.48. The molecule has 1 atom stereocenters. The number of aromatic nitrogens is 1. The summed E-state index contributed by atoms with van der Waals surface area (Å²) in [5.74, 6) is 0.336. The van der Waals surface area contributed by atoms with Gasteiger partial charge in [-0.15, -0.1) is 0 Å². The van der Waals surface area contributed by atoms with Crippen molar-refractivity contribution in [3.05, 3.63) is 47.2 Å². The molecule has 162 valence electrons. The lowest BCUT2D eigenvalue weighted by molar-refractivity contribution is -0.0224. The van der Waals surface area contributed by atoms with Crippen LogP contribution in [0.5, 0.6) is 11.6 Å². The topological polar surface area (TPSA) is 101 Å². The van der Waals surface area contributed by atoms with Crippen molar-refractivity contribution in [3.8, 4) is 11.6 Å². The summed E-state index contributed by atoms with van der Waals surface area (Å²) in [5.41, 5.74) is 1.06. The van der Waals surface area contributed by atoms with Gasteiger partial charge in [0.2, 0.25) is 0 Å². The van der Waals surface area contributed by atoms with Crippen LogP contribution < -0.4 is 14.8 Å². The SMILES string of the molecule is CC(C)(O)[C@@H](C1CC1)N1Cc2cccc(NC(=O)c3ccnc4c3OCCO4)c2C1=O. The maximum absolute atomic E-state index is 13.4. The number of hydrogen-bond acceptors (Lipinski definition) is 6. The molecule has 0 unspecified atom stereocenters. The zero-order valence-corrected chi connectivity index (χ0v) is 17.6. The van der Waals surface area contributed by atoms with Crippen LogP contribution in [0.25, 0.3) is 0 Å². The van der Waals surface area contributed by atoms with Crippen LogP contribution in [0.1, 0.15) is 53.0 Å². The number of carbonyl (C=O) groups is 2. The van der Waals surface area contributed by atoms with Gasteiger partial charge in [-0.2, -0.15) is 0 Å². The van der Waals surface area contributed by atoms with Crippen molar-refractivity contribution in [2.75, 3.05) is 18.5 Å². The van der Waals surface area contributed by atoms with Gasteiger partial charge in [0, 0.05) is 12.7 Å². The van der Waals surface area contributed by atoms with E-state index in [1.807, 2.05) is 12.1 Å². The number of hydrogen-bond donors (Lipinski definition) is 2. The summed E-state index contributed by atoms with van der Waals surface area (Å²) in [7, 11) is 0. The van der Waals surface area contributed by atoms with Gasteiger partial charge in [-0.25, -0.2) is 4.98 Å². The number of amides is 2. The Balaban J connectivity index is 1.44. The first kappa shape index (κ1) is 19.8. The van der Waals surface area contributed by atoms with Crippen molar-refractivity contribution in [1.29, 1.82) is 0 Å². The zero-order chi connectivity index (χ0) is 21.8. The maximum Gasteiger partial charge on any atom is 0.259 e. The predicted octanol–water partition coefficient (Wildman–Crippen LogP) is 2.61. The predicted molar refractivity (Wildman–Crippen MR) is 112 cm³/mol. The van der Waals surface area contributed by atoms with E-state index in [9.17, 15) is 14.7 Å². The van der Waals surface area contributed by atoms with E-state index < -0.39 is 11.5 Å². The van der Waals surface area contributed by atoms with Crippen LogP contribution in [0.3, 0.4) is 0 Å². The highest BCUT2D eigenvalue weighted by Crippen LogP contribution is 2.44. The summed E-state index contributed by atoms with van der Waals surface area (Å²) in [6.45, 7) is 4.65. The van der Waals surface area contributed by atoms with Gasteiger partial charge in [0.1, 0.15) is 13.2 Å². The van der Waals surface area contributed by atoms with E-state index in [2.05, 4.69) is 10.3 Å². The summed E-state index contributed by atoms with van der Waals surface area (Å²) < 4.78 is 11.1. The van der Waals surface area contributed by atoms with Gasteiger partial charge in [-0.05, 0) is 50.3 Å². The summed E-state index contributed by atoms with van der Waals surface area (Å²) in [6.07, 6.45) is 3.51. The van der Waals surface area contributed by atoms with E-state index in [0.29, 0.717) is 48.2 Å². The Hall–Kier alpha value is -3.13. The second-order valence-corrected chi connectivity index (χ2v) is 8.85. The molecule has 31 heavy (non-hydrogen) atoms. The molecule has 8 nitrogen and oxygen atoms in total. The van der Waals surface area contributed by atoms with Gasteiger partial charge in [0.05, 0.1) is 28.5 Å². The first-order chi connectivity index (χ1) is 14.8. The lowest BCUT2D eigenvalue weighted by Gasteiger charge is -2.37. The molecule has 5 rings (SSSR count). The molecule has 1 aliphatic carbocycles. The molecule has 2 amide bonds. The van der Waals surface area contributed by atoms with Crippen molar-refractivity contribution >= 4 is 17.5 Å². The fourth-order valence-corrected chi connectivity index (χ4v) is 4.66. The molecule has 3 aliphatic rings. The lowest BCUT2D eigenvalue weighted by atomic mass is 9.93. The summed E-state index contributed by atoms with van der Waals surface area (Å²) >= 11 is 0. The van der Waals surface area contributed by atoms with Crippen molar-refractivity contribution in [2.24, 2.45) is 5.92 Å². The normalized spacial score (nSPS) is 18.5. The van der Waals surface area contributed by atoms with Gasteiger partial charge in [0.15, 0.2) is 5.75 Å². The number of carbonyl (C=O) groups excluding carboxylic acids is 2. The van der Waals surface area contributed by atoms with Crippen molar-refractivity contribution < 1.29 is 24.2 Å². The van der Waals surface area contributed by atoms with Crippen LogP contribution in [0.2, 0.25) is 0 Å². The fourth-order valence-electron chi connectivity index (χ4n) is 4.66. The van der Waals surface area contributed by atoms with E-state index in [1.165, 1.54) is 6.20 Å². The number of nitrogens with zero attached hydrogens (tertiary/aromatic N) is 2. The molecule has 2 aliphatic heterocycles. The maximum atomic E-state index is 13.4. The van der Waals surface area contributed by atoms with Crippen LogP contribution in [-0.2, 0) is 6.54 Å². The van der Waals surface area contributed by atoms with Crippen molar-refractivity contribution in [2.45, 2.75) is 44.9 Å². The van der Waals surface area contributed by atoms with Gasteiger partial charge >= 0.3 is 0 Å². The molecule has 1 fully saturated rings. The third-order valence-electron chi connectivity index (χ3n) is 6.03. The zero-order valence-electron chi connectivity index (χ0n) is 17.6. The fraction of sp³-hybridized carbons (Fsp3) is 0.435. The Morgan fingerprint density at radius 2 is 2.03 bits per heavy atom. The highest BCUT2D eigenvalue weighted by molar-refractivity contribution is 6.11. The Kier molecular flexibility index (Phi) is 4.62. The highest BCUT2D eigenvalue weighted by atomic mass is 16.6. The summed E-state index contributed by atoms with van der Waals surface area (Å²) in [5, 5.41) is 13.6. The number of aliphatic hydroxyl groups is 1. The number of nitrogens with one attached hydrogen (secondary N) is 1. The molecule has 8 heteroatoms. The molecule has 2 N–H and O–H groups in total.